The highest BCUT2D eigenvalue weighted by Gasteiger charge is 2.18. The van der Waals surface area contributed by atoms with Crippen molar-refractivity contribution in [2.45, 2.75) is 26.8 Å². The van der Waals surface area contributed by atoms with Crippen molar-refractivity contribution in [2.24, 2.45) is 0 Å². The van der Waals surface area contributed by atoms with E-state index in [2.05, 4.69) is 15.2 Å². The van der Waals surface area contributed by atoms with Crippen LogP contribution in [0.1, 0.15) is 23.4 Å². The minimum atomic E-state index is -3.46. The second kappa shape index (κ2) is 6.99. The summed E-state index contributed by atoms with van der Waals surface area (Å²) in [6, 6.07) is 0. The summed E-state index contributed by atoms with van der Waals surface area (Å²) in [5.74, 6) is 0.637. The largest absolute Gasteiger partial charge is 0.361 e. The van der Waals surface area contributed by atoms with E-state index in [0.29, 0.717) is 18.0 Å². The molecule has 0 aromatic carbocycles. The van der Waals surface area contributed by atoms with Crippen molar-refractivity contribution in [2.75, 3.05) is 27.2 Å². The Kier molecular flexibility index (Phi) is 5.92. The Morgan fingerprint density at radius 1 is 1.37 bits per heavy atom. The second-order valence-electron chi connectivity index (χ2n) is 4.41. The minimum Gasteiger partial charge on any atom is -0.361 e. The molecule has 0 saturated carbocycles. The van der Waals surface area contributed by atoms with Crippen LogP contribution < -0.4 is 10.0 Å². The van der Waals surface area contributed by atoms with Gasteiger partial charge in [0.2, 0.25) is 0 Å². The van der Waals surface area contributed by atoms with Crippen LogP contribution in [0.15, 0.2) is 4.52 Å². The maximum absolute atomic E-state index is 12.0. The van der Waals surface area contributed by atoms with E-state index >= 15 is 0 Å². The summed E-state index contributed by atoms with van der Waals surface area (Å²) < 4.78 is 32.8. The van der Waals surface area contributed by atoms with Crippen LogP contribution in [0.25, 0.3) is 0 Å². The molecule has 0 bridgehead atoms. The lowest BCUT2D eigenvalue weighted by atomic mass is 10.2. The number of nitrogens with one attached hydrogen (secondary N) is 2. The molecule has 1 aromatic rings. The van der Waals surface area contributed by atoms with Crippen LogP contribution in [0.5, 0.6) is 0 Å². The summed E-state index contributed by atoms with van der Waals surface area (Å²) in [5, 5.41) is 6.77. The fourth-order valence-corrected chi connectivity index (χ4v) is 2.54. The summed E-state index contributed by atoms with van der Waals surface area (Å²) in [4.78, 5) is 0. The molecule has 0 radical (unpaired) electrons. The van der Waals surface area contributed by atoms with Gasteiger partial charge in [0.15, 0.2) is 0 Å². The fraction of sp³-hybridized carbons (Fsp3) is 0.727. The Morgan fingerprint density at radius 2 is 2.05 bits per heavy atom. The van der Waals surface area contributed by atoms with Gasteiger partial charge in [-0.15, -0.1) is 0 Å². The van der Waals surface area contributed by atoms with Crippen LogP contribution in [0.3, 0.4) is 0 Å². The second-order valence-corrected chi connectivity index (χ2v) is 6.27. The lowest BCUT2D eigenvalue weighted by molar-refractivity contribution is 0.392. The van der Waals surface area contributed by atoms with E-state index in [1.54, 1.807) is 20.9 Å². The number of rotatable bonds is 8. The first kappa shape index (κ1) is 16.1. The zero-order chi connectivity index (χ0) is 14.5. The quantitative estimate of drug-likeness (QED) is 0.666. The van der Waals surface area contributed by atoms with Crippen molar-refractivity contribution < 1.29 is 12.9 Å². The van der Waals surface area contributed by atoms with Gasteiger partial charge < -0.3 is 9.84 Å². The van der Waals surface area contributed by atoms with Crippen LogP contribution in [-0.2, 0) is 16.8 Å². The van der Waals surface area contributed by atoms with Gasteiger partial charge in [0.05, 0.1) is 5.69 Å². The summed E-state index contributed by atoms with van der Waals surface area (Å²) in [6.07, 6.45) is 0.763. The van der Waals surface area contributed by atoms with Crippen molar-refractivity contribution in [1.82, 2.24) is 19.5 Å². The Balaban J connectivity index is 2.55. The SMILES string of the molecule is CNCCCN(C)S(=O)(=O)NCc1c(C)noc1C. The van der Waals surface area contributed by atoms with Gasteiger partial charge in [-0.1, -0.05) is 5.16 Å². The van der Waals surface area contributed by atoms with E-state index in [9.17, 15) is 8.42 Å². The number of hydrogen-bond donors (Lipinski definition) is 2. The summed E-state index contributed by atoms with van der Waals surface area (Å²) in [5.41, 5.74) is 1.49. The van der Waals surface area contributed by atoms with Gasteiger partial charge in [0.1, 0.15) is 5.76 Å². The predicted octanol–water partition coefficient (Wildman–Crippen LogP) is 0.167. The topological polar surface area (TPSA) is 87.5 Å². The average Bonchev–Trinajstić information content (AvgIpc) is 2.67. The lowest BCUT2D eigenvalue weighted by Gasteiger charge is -2.17. The summed E-state index contributed by atoms with van der Waals surface area (Å²) >= 11 is 0. The Morgan fingerprint density at radius 3 is 2.58 bits per heavy atom. The number of hydrogen-bond acceptors (Lipinski definition) is 5. The highest BCUT2D eigenvalue weighted by molar-refractivity contribution is 7.87. The lowest BCUT2D eigenvalue weighted by Crippen LogP contribution is -2.39. The van der Waals surface area contributed by atoms with Gasteiger partial charge >= 0.3 is 0 Å². The van der Waals surface area contributed by atoms with Crippen molar-refractivity contribution in [3.05, 3.63) is 17.0 Å². The van der Waals surface area contributed by atoms with Crippen molar-refractivity contribution in [3.63, 3.8) is 0 Å². The number of aryl methyl sites for hydroxylation is 2. The highest BCUT2D eigenvalue weighted by atomic mass is 32.2. The van der Waals surface area contributed by atoms with Crippen molar-refractivity contribution in [1.29, 1.82) is 0 Å². The van der Waals surface area contributed by atoms with Crippen molar-refractivity contribution in [3.8, 4) is 0 Å². The molecule has 7 nitrogen and oxygen atoms in total. The van der Waals surface area contributed by atoms with E-state index in [1.165, 1.54) is 4.31 Å². The molecule has 0 spiro atoms. The Hall–Kier alpha value is -0.960. The monoisotopic (exact) mass is 290 g/mol. The van der Waals surface area contributed by atoms with E-state index in [-0.39, 0.29) is 6.54 Å². The van der Waals surface area contributed by atoms with Gasteiger partial charge in [0, 0.05) is 25.7 Å². The molecule has 19 heavy (non-hydrogen) atoms. The molecule has 0 aliphatic rings. The zero-order valence-electron chi connectivity index (χ0n) is 11.9. The van der Waals surface area contributed by atoms with Crippen LogP contribution in [0.4, 0.5) is 0 Å². The van der Waals surface area contributed by atoms with E-state index in [0.717, 1.165) is 18.5 Å². The standard InChI is InChI=1S/C11H22N4O3S/c1-9-11(10(2)18-14-9)8-13-19(16,17)15(4)7-5-6-12-3/h12-13H,5-8H2,1-4H3. The zero-order valence-corrected chi connectivity index (χ0v) is 12.7. The maximum Gasteiger partial charge on any atom is 0.279 e. The molecule has 0 atom stereocenters. The molecule has 0 aliphatic heterocycles. The van der Waals surface area contributed by atoms with Crippen molar-refractivity contribution >= 4 is 10.2 Å². The molecule has 0 fully saturated rings. The van der Waals surface area contributed by atoms with Crippen LogP contribution in [0, 0.1) is 13.8 Å². The Bertz CT molecular complexity index is 479. The molecule has 110 valence electrons. The van der Waals surface area contributed by atoms with Crippen LogP contribution in [0.2, 0.25) is 0 Å². The third-order valence-corrected chi connectivity index (χ3v) is 4.44. The van der Waals surface area contributed by atoms with Gasteiger partial charge in [-0.3, -0.25) is 0 Å². The third-order valence-electron chi connectivity index (χ3n) is 2.92. The molecule has 1 rings (SSSR count). The molecule has 0 aliphatic carbocycles. The molecule has 0 unspecified atom stereocenters. The average molecular weight is 290 g/mol. The normalized spacial score (nSPS) is 12.3. The summed E-state index contributed by atoms with van der Waals surface area (Å²) in [6.45, 7) is 5.00. The molecule has 0 amide bonds. The van der Waals surface area contributed by atoms with Gasteiger partial charge in [-0.05, 0) is 33.9 Å². The molecule has 1 heterocycles. The van der Waals surface area contributed by atoms with Gasteiger partial charge in [0.25, 0.3) is 10.2 Å². The third kappa shape index (κ3) is 4.57. The minimum absolute atomic E-state index is 0.194. The molecule has 0 saturated heterocycles. The first-order valence-corrected chi connectivity index (χ1v) is 7.59. The van der Waals surface area contributed by atoms with Gasteiger partial charge in [-0.25, -0.2) is 0 Å². The predicted molar refractivity (Wildman–Crippen MR) is 72.9 cm³/mol. The van der Waals surface area contributed by atoms with E-state index < -0.39 is 10.2 Å². The molecule has 1 aromatic heterocycles. The van der Waals surface area contributed by atoms with Gasteiger partial charge in [-0.2, -0.15) is 17.4 Å². The highest BCUT2D eigenvalue weighted by Crippen LogP contribution is 2.12. The number of aromatic nitrogens is 1. The molecular weight excluding hydrogens is 268 g/mol. The smallest absolute Gasteiger partial charge is 0.279 e. The fourth-order valence-electron chi connectivity index (χ4n) is 1.63. The Labute approximate surface area is 114 Å². The van der Waals surface area contributed by atoms with Crippen LogP contribution in [-0.4, -0.2) is 45.1 Å². The van der Waals surface area contributed by atoms with E-state index in [4.69, 9.17) is 4.52 Å². The first-order valence-electron chi connectivity index (χ1n) is 6.15. The van der Waals surface area contributed by atoms with E-state index in [1.807, 2.05) is 7.05 Å². The first-order chi connectivity index (χ1) is 8.88. The molecule has 2 N–H and O–H groups in total. The van der Waals surface area contributed by atoms with Crippen LogP contribution >= 0.6 is 0 Å². The summed E-state index contributed by atoms with van der Waals surface area (Å²) in [7, 11) is -0.0659. The maximum atomic E-state index is 12.0. The molecular formula is C11H22N4O3S. The number of nitrogens with zero attached hydrogens (tertiary/aromatic N) is 2. The molecule has 8 heteroatoms.